The highest BCUT2D eigenvalue weighted by Gasteiger charge is 2.55. The van der Waals surface area contributed by atoms with E-state index in [9.17, 15) is 9.59 Å². The minimum Gasteiger partial charge on any atom is -0.464 e. The van der Waals surface area contributed by atoms with Crippen LogP contribution >= 0.6 is 0 Å². The monoisotopic (exact) mass is 273 g/mol. The highest BCUT2D eigenvalue weighted by atomic mass is 16.5. The first kappa shape index (κ1) is 13.3. The zero-order chi connectivity index (χ0) is 14.2. The predicted molar refractivity (Wildman–Crippen MR) is 74.2 cm³/mol. The second-order valence-electron chi connectivity index (χ2n) is 5.44. The highest BCUT2D eigenvalue weighted by Crippen LogP contribution is 2.40. The van der Waals surface area contributed by atoms with Gasteiger partial charge in [-0.2, -0.15) is 0 Å². The molecule has 4 nitrogen and oxygen atoms in total. The Morgan fingerprint density at radius 2 is 2.10 bits per heavy atom. The lowest BCUT2D eigenvalue weighted by Crippen LogP contribution is -2.59. The maximum atomic E-state index is 12.8. The van der Waals surface area contributed by atoms with Gasteiger partial charge in [0.25, 0.3) is 0 Å². The molecule has 0 saturated heterocycles. The van der Waals surface area contributed by atoms with Crippen molar-refractivity contribution >= 4 is 11.8 Å². The van der Waals surface area contributed by atoms with Crippen LogP contribution in [0, 0.1) is 5.92 Å². The SMILES string of the molecule is CCOC(=O)C1(C(=O)C2CC2)NCCc2ccccc21. The summed E-state index contributed by atoms with van der Waals surface area (Å²) < 4.78 is 5.22. The van der Waals surface area contributed by atoms with Crippen molar-refractivity contribution < 1.29 is 14.3 Å². The fourth-order valence-electron chi connectivity index (χ4n) is 2.98. The number of benzene rings is 1. The van der Waals surface area contributed by atoms with Crippen LogP contribution in [0.2, 0.25) is 0 Å². The molecule has 1 heterocycles. The van der Waals surface area contributed by atoms with Gasteiger partial charge in [0.15, 0.2) is 5.78 Å². The van der Waals surface area contributed by atoms with Crippen LogP contribution in [-0.4, -0.2) is 24.9 Å². The number of Topliss-reactive ketones (excluding diaryl/α,β-unsaturated/α-hetero) is 1. The number of nitrogens with one attached hydrogen (secondary N) is 1. The summed E-state index contributed by atoms with van der Waals surface area (Å²) in [5.41, 5.74) is 0.557. The van der Waals surface area contributed by atoms with Crippen LogP contribution in [0.5, 0.6) is 0 Å². The first-order valence-corrected chi connectivity index (χ1v) is 7.25. The highest BCUT2D eigenvalue weighted by molar-refractivity contribution is 6.11. The van der Waals surface area contributed by atoms with E-state index in [0.29, 0.717) is 6.54 Å². The number of fused-ring (bicyclic) bond motifs is 1. The van der Waals surface area contributed by atoms with Crippen molar-refractivity contribution in [2.75, 3.05) is 13.2 Å². The van der Waals surface area contributed by atoms with Gasteiger partial charge in [-0.15, -0.1) is 0 Å². The van der Waals surface area contributed by atoms with Gasteiger partial charge in [-0.3, -0.25) is 10.1 Å². The minimum atomic E-state index is -1.29. The first-order chi connectivity index (χ1) is 9.70. The van der Waals surface area contributed by atoms with Crippen LogP contribution in [0.1, 0.15) is 30.9 Å². The second-order valence-corrected chi connectivity index (χ2v) is 5.44. The van der Waals surface area contributed by atoms with Crippen molar-refractivity contribution in [2.24, 2.45) is 5.92 Å². The van der Waals surface area contributed by atoms with Crippen LogP contribution < -0.4 is 5.32 Å². The lowest BCUT2D eigenvalue weighted by Gasteiger charge is -2.36. The molecule has 1 aliphatic heterocycles. The predicted octanol–water partition coefficient (Wildman–Crippen LogP) is 1.57. The Bertz CT molecular complexity index is 550. The maximum Gasteiger partial charge on any atom is 0.338 e. The summed E-state index contributed by atoms with van der Waals surface area (Å²) in [6.45, 7) is 2.67. The van der Waals surface area contributed by atoms with Gasteiger partial charge >= 0.3 is 5.97 Å². The molecular formula is C16H19NO3. The third-order valence-corrected chi connectivity index (χ3v) is 4.11. The molecule has 2 aliphatic rings. The number of esters is 1. The van der Waals surface area contributed by atoms with E-state index in [2.05, 4.69) is 5.32 Å². The molecule has 0 spiro atoms. The van der Waals surface area contributed by atoms with Crippen LogP contribution in [0.3, 0.4) is 0 Å². The fourth-order valence-corrected chi connectivity index (χ4v) is 2.98. The van der Waals surface area contributed by atoms with Crippen LogP contribution in [0.4, 0.5) is 0 Å². The Kier molecular flexibility index (Phi) is 3.34. The summed E-state index contributed by atoms with van der Waals surface area (Å²) >= 11 is 0. The van der Waals surface area contributed by atoms with Gasteiger partial charge in [-0.1, -0.05) is 24.3 Å². The van der Waals surface area contributed by atoms with E-state index in [1.807, 2.05) is 24.3 Å². The zero-order valence-corrected chi connectivity index (χ0v) is 11.6. The smallest absolute Gasteiger partial charge is 0.338 e. The maximum absolute atomic E-state index is 12.8. The molecule has 0 radical (unpaired) electrons. The van der Waals surface area contributed by atoms with Crippen molar-refractivity contribution in [3.8, 4) is 0 Å². The number of hydrogen-bond acceptors (Lipinski definition) is 4. The molecule has 3 rings (SSSR count). The lowest BCUT2D eigenvalue weighted by molar-refractivity contribution is -0.157. The standard InChI is InChI=1S/C16H19NO3/c1-2-20-15(19)16(14(18)12-7-8-12)13-6-4-3-5-11(13)9-10-17-16/h3-6,12,17H,2,7-10H2,1H3. The quantitative estimate of drug-likeness (QED) is 0.668. The first-order valence-electron chi connectivity index (χ1n) is 7.25. The van der Waals surface area contributed by atoms with E-state index in [4.69, 9.17) is 4.74 Å². The van der Waals surface area contributed by atoms with Gasteiger partial charge < -0.3 is 4.74 Å². The van der Waals surface area contributed by atoms with E-state index in [1.165, 1.54) is 0 Å². The molecule has 106 valence electrons. The Labute approximate surface area is 118 Å². The molecule has 1 unspecified atom stereocenters. The van der Waals surface area contributed by atoms with Gasteiger partial charge in [-0.05, 0) is 37.3 Å². The van der Waals surface area contributed by atoms with Gasteiger partial charge in [0.05, 0.1) is 6.61 Å². The molecule has 1 aromatic carbocycles. The van der Waals surface area contributed by atoms with Crippen LogP contribution in [0.15, 0.2) is 24.3 Å². The molecule has 1 N–H and O–H groups in total. The van der Waals surface area contributed by atoms with E-state index in [1.54, 1.807) is 6.92 Å². The molecule has 0 amide bonds. The summed E-state index contributed by atoms with van der Waals surface area (Å²) in [7, 11) is 0. The third kappa shape index (κ3) is 1.95. The number of hydrogen-bond donors (Lipinski definition) is 1. The normalized spacial score (nSPS) is 24.9. The number of carbonyl (C=O) groups excluding carboxylic acids is 2. The zero-order valence-electron chi connectivity index (χ0n) is 11.6. The number of ketones is 1. The largest absolute Gasteiger partial charge is 0.464 e. The Balaban J connectivity index is 2.11. The average Bonchev–Trinajstić information content (AvgIpc) is 3.30. The van der Waals surface area contributed by atoms with Gasteiger partial charge in [0.1, 0.15) is 0 Å². The fraction of sp³-hybridized carbons (Fsp3) is 0.500. The molecule has 4 heteroatoms. The van der Waals surface area contributed by atoms with Crippen molar-refractivity contribution in [2.45, 2.75) is 31.7 Å². The molecule has 0 aromatic heterocycles. The summed E-state index contributed by atoms with van der Waals surface area (Å²) in [6.07, 6.45) is 2.59. The van der Waals surface area contributed by atoms with E-state index >= 15 is 0 Å². The molecule has 0 bridgehead atoms. The van der Waals surface area contributed by atoms with Gasteiger partial charge in [0, 0.05) is 12.5 Å². The molecule has 1 aromatic rings. The Morgan fingerprint density at radius 1 is 1.35 bits per heavy atom. The van der Waals surface area contributed by atoms with Gasteiger partial charge in [-0.25, -0.2) is 4.79 Å². The number of rotatable bonds is 4. The van der Waals surface area contributed by atoms with E-state index in [-0.39, 0.29) is 18.3 Å². The van der Waals surface area contributed by atoms with Crippen molar-refractivity contribution in [1.29, 1.82) is 0 Å². The van der Waals surface area contributed by atoms with Gasteiger partial charge in [0.2, 0.25) is 5.54 Å². The molecule has 20 heavy (non-hydrogen) atoms. The number of ether oxygens (including phenoxy) is 1. The van der Waals surface area contributed by atoms with Crippen LogP contribution in [-0.2, 0) is 26.3 Å². The van der Waals surface area contributed by atoms with Crippen molar-refractivity contribution in [1.82, 2.24) is 5.32 Å². The molecule has 1 atom stereocenters. The summed E-state index contributed by atoms with van der Waals surface area (Å²) in [5, 5.41) is 3.17. The molecule has 1 fully saturated rings. The van der Waals surface area contributed by atoms with Crippen molar-refractivity contribution in [3.63, 3.8) is 0 Å². The number of carbonyl (C=O) groups is 2. The Morgan fingerprint density at radius 3 is 2.80 bits per heavy atom. The summed E-state index contributed by atoms with van der Waals surface area (Å²) in [5.74, 6) is -0.481. The van der Waals surface area contributed by atoms with E-state index in [0.717, 1.165) is 30.4 Å². The third-order valence-electron chi connectivity index (χ3n) is 4.11. The summed E-state index contributed by atoms with van der Waals surface area (Å²) in [4.78, 5) is 25.3. The van der Waals surface area contributed by atoms with Crippen LogP contribution in [0.25, 0.3) is 0 Å². The topological polar surface area (TPSA) is 55.4 Å². The van der Waals surface area contributed by atoms with E-state index < -0.39 is 11.5 Å². The van der Waals surface area contributed by atoms with Crippen molar-refractivity contribution in [3.05, 3.63) is 35.4 Å². The minimum absolute atomic E-state index is 0.00179. The lowest BCUT2D eigenvalue weighted by atomic mass is 9.77. The molecular weight excluding hydrogens is 254 g/mol. The molecule has 1 saturated carbocycles. The second kappa shape index (κ2) is 5.02. The average molecular weight is 273 g/mol. The Hall–Kier alpha value is -1.68. The summed E-state index contributed by atoms with van der Waals surface area (Å²) in [6, 6.07) is 7.69. The molecule has 1 aliphatic carbocycles.